The van der Waals surface area contributed by atoms with Gasteiger partial charge in [-0.25, -0.2) is 0 Å². The Morgan fingerprint density at radius 3 is 2.62 bits per heavy atom. The summed E-state index contributed by atoms with van der Waals surface area (Å²) in [7, 11) is 1.64. The van der Waals surface area contributed by atoms with Crippen LogP contribution in [0.5, 0.6) is 11.5 Å². The maximum Gasteiger partial charge on any atom is 0.163 e. The number of ketones is 1. The van der Waals surface area contributed by atoms with E-state index in [2.05, 4.69) is 28.1 Å². The summed E-state index contributed by atoms with van der Waals surface area (Å²) in [5.74, 6) is 1.75. The molecule has 0 amide bonds. The number of fused-ring (bicyclic) bond motifs is 1. The molecule has 3 aromatic rings. The van der Waals surface area contributed by atoms with Crippen LogP contribution in [0, 0.1) is 0 Å². The molecule has 0 fully saturated rings. The van der Waals surface area contributed by atoms with E-state index in [1.165, 1.54) is 4.88 Å². The van der Waals surface area contributed by atoms with Crippen LogP contribution < -0.4 is 20.1 Å². The van der Waals surface area contributed by atoms with E-state index < -0.39 is 0 Å². The lowest BCUT2D eigenvalue weighted by atomic mass is 9.80. The zero-order valence-electron chi connectivity index (χ0n) is 18.2. The number of Topliss-reactive ketones (excluding diaryl/α,β-unsaturated/α-hetero) is 1. The fraction of sp³-hybridized carbons (Fsp3) is 0.269. The van der Waals surface area contributed by atoms with Crippen molar-refractivity contribution in [1.29, 1.82) is 0 Å². The summed E-state index contributed by atoms with van der Waals surface area (Å²) < 4.78 is 11.3. The SMILES string of the molecule is CCOc1cc(C2Nc3ccccc3NC3=C2C(=O)CC(c2cccs2)C3)ccc1OC. The molecule has 0 saturated carbocycles. The second-order valence-electron chi connectivity index (χ2n) is 8.03. The molecule has 1 aliphatic carbocycles. The van der Waals surface area contributed by atoms with Crippen LogP contribution in [0.1, 0.15) is 42.2 Å². The van der Waals surface area contributed by atoms with Crippen molar-refractivity contribution in [3.63, 3.8) is 0 Å². The number of allylic oxidation sites excluding steroid dienone is 1. The molecule has 2 aromatic carbocycles. The highest BCUT2D eigenvalue weighted by molar-refractivity contribution is 7.10. The van der Waals surface area contributed by atoms with E-state index in [4.69, 9.17) is 9.47 Å². The van der Waals surface area contributed by atoms with Crippen molar-refractivity contribution in [3.05, 3.63) is 81.7 Å². The molecule has 32 heavy (non-hydrogen) atoms. The fourth-order valence-electron chi connectivity index (χ4n) is 4.61. The molecule has 6 heteroatoms. The molecule has 2 unspecified atom stereocenters. The van der Waals surface area contributed by atoms with Gasteiger partial charge >= 0.3 is 0 Å². The number of rotatable bonds is 5. The topological polar surface area (TPSA) is 59.6 Å². The van der Waals surface area contributed by atoms with Crippen LogP contribution in [0.4, 0.5) is 11.4 Å². The number of hydrogen-bond donors (Lipinski definition) is 2. The van der Waals surface area contributed by atoms with Gasteiger partial charge in [0.2, 0.25) is 0 Å². The van der Waals surface area contributed by atoms with E-state index in [0.717, 1.165) is 34.6 Å². The Kier molecular flexibility index (Phi) is 5.62. The van der Waals surface area contributed by atoms with Crippen LogP contribution in [-0.2, 0) is 4.79 Å². The van der Waals surface area contributed by atoms with Crippen molar-refractivity contribution in [2.75, 3.05) is 24.4 Å². The molecule has 164 valence electrons. The number of thiophene rings is 1. The molecule has 0 radical (unpaired) electrons. The Bertz CT molecular complexity index is 1170. The largest absolute Gasteiger partial charge is 0.493 e. The maximum atomic E-state index is 13.6. The second kappa shape index (κ2) is 8.71. The normalized spacial score (nSPS) is 19.9. The Labute approximate surface area is 192 Å². The Morgan fingerprint density at radius 1 is 1.03 bits per heavy atom. The van der Waals surface area contributed by atoms with E-state index in [1.807, 2.05) is 49.4 Å². The highest BCUT2D eigenvalue weighted by Crippen LogP contribution is 2.45. The third-order valence-electron chi connectivity index (χ3n) is 6.08. The highest BCUT2D eigenvalue weighted by atomic mass is 32.1. The Balaban J connectivity index is 1.62. The quantitative estimate of drug-likeness (QED) is 0.493. The number of hydrogen-bond acceptors (Lipinski definition) is 6. The third kappa shape index (κ3) is 3.75. The van der Waals surface area contributed by atoms with Crippen LogP contribution in [0.25, 0.3) is 0 Å². The van der Waals surface area contributed by atoms with Crippen molar-refractivity contribution in [2.45, 2.75) is 31.7 Å². The number of carbonyl (C=O) groups excluding carboxylic acids is 1. The zero-order chi connectivity index (χ0) is 22.1. The molecule has 2 N–H and O–H groups in total. The number of nitrogens with one attached hydrogen (secondary N) is 2. The van der Waals surface area contributed by atoms with E-state index in [9.17, 15) is 4.79 Å². The summed E-state index contributed by atoms with van der Waals surface area (Å²) in [6.45, 7) is 2.49. The molecular weight excluding hydrogens is 420 g/mol. The highest BCUT2D eigenvalue weighted by Gasteiger charge is 2.36. The maximum absolute atomic E-state index is 13.6. The lowest BCUT2D eigenvalue weighted by molar-refractivity contribution is -0.116. The van der Waals surface area contributed by atoms with E-state index >= 15 is 0 Å². The molecule has 0 spiro atoms. The average Bonchev–Trinajstić information content (AvgIpc) is 3.28. The molecule has 1 aliphatic heterocycles. The van der Waals surface area contributed by atoms with Crippen molar-refractivity contribution in [1.82, 2.24) is 0 Å². The molecule has 2 aliphatic rings. The minimum absolute atomic E-state index is 0.177. The van der Waals surface area contributed by atoms with Gasteiger partial charge in [0.25, 0.3) is 0 Å². The number of ether oxygens (including phenoxy) is 2. The predicted octanol–water partition coefficient (Wildman–Crippen LogP) is 6.13. The van der Waals surface area contributed by atoms with E-state index in [1.54, 1.807) is 18.4 Å². The standard InChI is InChI=1S/C26H26N2O3S/c1-3-31-23-15-16(10-11-22(23)30-2)26-25-20(27-18-7-4-5-8-19(18)28-26)13-17(14-21(25)29)24-9-6-12-32-24/h4-12,15,17,26-28H,3,13-14H2,1-2H3. The van der Waals surface area contributed by atoms with Gasteiger partial charge in [-0.3, -0.25) is 4.79 Å². The summed E-state index contributed by atoms with van der Waals surface area (Å²) in [5.41, 5.74) is 4.74. The molecule has 2 atom stereocenters. The minimum atomic E-state index is -0.275. The minimum Gasteiger partial charge on any atom is -0.493 e. The lowest BCUT2D eigenvalue weighted by Crippen LogP contribution is -2.26. The third-order valence-corrected chi connectivity index (χ3v) is 7.11. The van der Waals surface area contributed by atoms with Crippen molar-refractivity contribution in [2.24, 2.45) is 0 Å². The average molecular weight is 447 g/mol. The van der Waals surface area contributed by atoms with Crippen LogP contribution in [0.3, 0.4) is 0 Å². The van der Waals surface area contributed by atoms with E-state index in [-0.39, 0.29) is 17.7 Å². The number of methoxy groups -OCH3 is 1. The van der Waals surface area contributed by atoms with Crippen LogP contribution in [-0.4, -0.2) is 19.5 Å². The van der Waals surface area contributed by atoms with Crippen LogP contribution in [0.2, 0.25) is 0 Å². The van der Waals surface area contributed by atoms with Gasteiger partial charge in [0, 0.05) is 28.5 Å². The van der Waals surface area contributed by atoms with Gasteiger partial charge in [0.05, 0.1) is 31.1 Å². The van der Waals surface area contributed by atoms with Crippen molar-refractivity contribution < 1.29 is 14.3 Å². The molecule has 0 bridgehead atoms. The first kappa shape index (κ1) is 20.6. The molecule has 5 rings (SSSR count). The van der Waals surface area contributed by atoms with Gasteiger partial charge in [-0.1, -0.05) is 24.3 Å². The van der Waals surface area contributed by atoms with Crippen molar-refractivity contribution in [3.8, 4) is 11.5 Å². The second-order valence-corrected chi connectivity index (χ2v) is 9.01. The van der Waals surface area contributed by atoms with Crippen molar-refractivity contribution >= 4 is 28.5 Å². The summed E-state index contributed by atoms with van der Waals surface area (Å²) in [6.07, 6.45) is 1.33. The summed E-state index contributed by atoms with van der Waals surface area (Å²) in [5, 5.41) is 9.30. The lowest BCUT2D eigenvalue weighted by Gasteiger charge is -2.29. The molecule has 0 saturated heterocycles. The first-order valence-electron chi connectivity index (χ1n) is 10.9. The van der Waals surface area contributed by atoms with Crippen LogP contribution in [0.15, 0.2) is 71.2 Å². The summed E-state index contributed by atoms with van der Waals surface area (Å²) in [6, 6.07) is 17.9. The van der Waals surface area contributed by atoms with Gasteiger partial charge < -0.3 is 20.1 Å². The summed E-state index contributed by atoms with van der Waals surface area (Å²) >= 11 is 1.72. The van der Waals surface area contributed by atoms with Gasteiger partial charge in [0.15, 0.2) is 17.3 Å². The van der Waals surface area contributed by atoms with Gasteiger partial charge in [-0.2, -0.15) is 0 Å². The fourth-order valence-corrected chi connectivity index (χ4v) is 5.44. The van der Waals surface area contributed by atoms with Gasteiger partial charge in [0.1, 0.15) is 0 Å². The first-order chi connectivity index (χ1) is 15.7. The van der Waals surface area contributed by atoms with Gasteiger partial charge in [-0.15, -0.1) is 11.3 Å². The number of para-hydroxylation sites is 2. The monoisotopic (exact) mass is 446 g/mol. The van der Waals surface area contributed by atoms with Gasteiger partial charge in [-0.05, 0) is 54.6 Å². The summed E-state index contributed by atoms with van der Waals surface area (Å²) in [4.78, 5) is 14.8. The number of benzene rings is 2. The molecule has 5 nitrogen and oxygen atoms in total. The Hall–Kier alpha value is -3.25. The van der Waals surface area contributed by atoms with E-state index in [0.29, 0.717) is 24.5 Å². The molecule has 2 heterocycles. The first-order valence-corrected chi connectivity index (χ1v) is 11.8. The molecular formula is C26H26N2O3S. The smallest absolute Gasteiger partial charge is 0.163 e. The zero-order valence-corrected chi connectivity index (χ0v) is 19.0. The van der Waals surface area contributed by atoms with Crippen LogP contribution >= 0.6 is 11.3 Å². The predicted molar refractivity (Wildman–Crippen MR) is 129 cm³/mol. The molecule has 1 aromatic heterocycles. The number of carbonyl (C=O) groups is 1. The Morgan fingerprint density at radius 2 is 1.88 bits per heavy atom. The number of anilines is 2.